The van der Waals surface area contributed by atoms with Gasteiger partial charge in [-0.3, -0.25) is 9.69 Å². The summed E-state index contributed by atoms with van der Waals surface area (Å²) in [5, 5.41) is 0. The fraction of sp³-hybridized carbons (Fsp3) is 0.304. The van der Waals surface area contributed by atoms with E-state index < -0.39 is 0 Å². The minimum absolute atomic E-state index is 0.0909. The van der Waals surface area contributed by atoms with E-state index in [4.69, 9.17) is 26.4 Å². The number of nitrogens with zero attached hydrogens (tertiary/aromatic N) is 1. The average molecular weight is 444 g/mol. The third kappa shape index (κ3) is 5.34. The molecule has 0 saturated carbocycles. The summed E-state index contributed by atoms with van der Waals surface area (Å²) < 4.78 is 18.0. The molecule has 1 amide bonds. The Balaban J connectivity index is 1.66. The lowest BCUT2D eigenvalue weighted by Gasteiger charge is -2.14. The number of hydrogen-bond acceptors (Lipinski definition) is 6. The van der Waals surface area contributed by atoms with Crippen molar-refractivity contribution in [2.45, 2.75) is 20.8 Å². The number of carbonyl (C=O) groups is 1. The van der Waals surface area contributed by atoms with Crippen LogP contribution in [0.5, 0.6) is 17.2 Å². The normalized spacial score (nSPS) is 15.1. The first kappa shape index (κ1) is 22.2. The SMILES string of the molecule is CCOc1cc(C=C2SC(=S)N(C)C2=O)ccc1OCCOc1cc(C)ccc1C. The van der Waals surface area contributed by atoms with Crippen molar-refractivity contribution in [2.75, 3.05) is 26.9 Å². The van der Waals surface area contributed by atoms with Gasteiger partial charge in [0.2, 0.25) is 0 Å². The maximum atomic E-state index is 12.2. The highest BCUT2D eigenvalue weighted by molar-refractivity contribution is 8.26. The highest BCUT2D eigenvalue weighted by Crippen LogP contribution is 2.34. The lowest BCUT2D eigenvalue weighted by atomic mass is 10.1. The number of benzene rings is 2. The second kappa shape index (κ2) is 10.00. The van der Waals surface area contributed by atoms with E-state index in [1.165, 1.54) is 16.7 Å². The second-order valence-corrected chi connectivity index (χ2v) is 8.52. The lowest BCUT2D eigenvalue weighted by molar-refractivity contribution is -0.121. The molecule has 30 heavy (non-hydrogen) atoms. The van der Waals surface area contributed by atoms with Gasteiger partial charge in [0, 0.05) is 7.05 Å². The zero-order valence-corrected chi connectivity index (χ0v) is 19.2. The van der Waals surface area contributed by atoms with Crippen molar-refractivity contribution in [3.8, 4) is 17.2 Å². The van der Waals surface area contributed by atoms with Crippen LogP contribution in [0.15, 0.2) is 41.3 Å². The Morgan fingerprint density at radius 1 is 1.00 bits per heavy atom. The first-order chi connectivity index (χ1) is 14.4. The second-order valence-electron chi connectivity index (χ2n) is 6.85. The number of carbonyl (C=O) groups excluding carboxylic acids is 1. The predicted molar refractivity (Wildman–Crippen MR) is 125 cm³/mol. The first-order valence-electron chi connectivity index (χ1n) is 9.70. The van der Waals surface area contributed by atoms with Crippen molar-refractivity contribution >= 4 is 40.3 Å². The number of thiocarbonyl (C=S) groups is 1. The van der Waals surface area contributed by atoms with Gasteiger partial charge in [0.15, 0.2) is 11.5 Å². The van der Waals surface area contributed by atoms with Gasteiger partial charge in [-0.25, -0.2) is 0 Å². The van der Waals surface area contributed by atoms with Crippen molar-refractivity contribution in [3.63, 3.8) is 0 Å². The van der Waals surface area contributed by atoms with Gasteiger partial charge in [-0.1, -0.05) is 42.2 Å². The van der Waals surface area contributed by atoms with E-state index in [-0.39, 0.29) is 5.91 Å². The zero-order chi connectivity index (χ0) is 21.7. The molecule has 0 aliphatic carbocycles. The van der Waals surface area contributed by atoms with Crippen LogP contribution >= 0.6 is 24.0 Å². The highest BCUT2D eigenvalue weighted by Gasteiger charge is 2.28. The Hall–Kier alpha value is -2.51. The van der Waals surface area contributed by atoms with Crippen LogP contribution in [0.3, 0.4) is 0 Å². The van der Waals surface area contributed by atoms with E-state index in [2.05, 4.69) is 6.07 Å². The third-order valence-electron chi connectivity index (χ3n) is 4.49. The molecule has 1 saturated heterocycles. The van der Waals surface area contributed by atoms with E-state index in [0.29, 0.717) is 40.5 Å². The minimum atomic E-state index is -0.0909. The van der Waals surface area contributed by atoms with E-state index in [1.807, 2.05) is 57.2 Å². The van der Waals surface area contributed by atoms with Crippen LogP contribution in [0, 0.1) is 13.8 Å². The smallest absolute Gasteiger partial charge is 0.265 e. The molecule has 0 unspecified atom stereocenters. The fourth-order valence-corrected chi connectivity index (χ4v) is 4.04. The molecule has 1 aliphatic heterocycles. The Morgan fingerprint density at radius 3 is 2.40 bits per heavy atom. The molecule has 158 valence electrons. The number of likely N-dealkylation sites (N-methyl/N-ethyl adjacent to an activating group) is 1. The van der Waals surface area contributed by atoms with E-state index in [1.54, 1.807) is 7.05 Å². The van der Waals surface area contributed by atoms with Crippen molar-refractivity contribution in [1.82, 2.24) is 4.90 Å². The Labute approximate surface area is 187 Å². The molecule has 2 aromatic rings. The monoisotopic (exact) mass is 443 g/mol. The van der Waals surface area contributed by atoms with Gasteiger partial charge in [0.1, 0.15) is 23.3 Å². The van der Waals surface area contributed by atoms with Crippen molar-refractivity contribution < 1.29 is 19.0 Å². The molecule has 0 spiro atoms. The molecule has 5 nitrogen and oxygen atoms in total. The van der Waals surface area contributed by atoms with Gasteiger partial charge in [-0.2, -0.15) is 0 Å². The van der Waals surface area contributed by atoms with E-state index in [9.17, 15) is 4.79 Å². The summed E-state index contributed by atoms with van der Waals surface area (Å²) in [4.78, 5) is 14.3. The molecule has 7 heteroatoms. The standard InChI is InChI=1S/C23H25NO4S2/c1-5-26-20-13-17(14-21-22(25)24(4)23(29)30-21)8-9-18(20)27-10-11-28-19-12-15(2)6-7-16(19)3/h6-9,12-14H,5,10-11H2,1-4H3. The molecular formula is C23H25NO4S2. The Bertz CT molecular complexity index is 987. The first-order valence-corrected chi connectivity index (χ1v) is 10.9. The molecular weight excluding hydrogens is 418 g/mol. The Morgan fingerprint density at radius 2 is 1.73 bits per heavy atom. The van der Waals surface area contributed by atoms with Gasteiger partial charge in [0.05, 0.1) is 11.5 Å². The summed E-state index contributed by atoms with van der Waals surface area (Å²) in [6.45, 7) is 7.31. The molecule has 1 heterocycles. The van der Waals surface area contributed by atoms with Crippen LogP contribution in [0.4, 0.5) is 0 Å². The maximum absolute atomic E-state index is 12.2. The molecule has 1 aliphatic rings. The van der Waals surface area contributed by atoms with E-state index in [0.717, 1.165) is 22.4 Å². The number of hydrogen-bond donors (Lipinski definition) is 0. The predicted octanol–water partition coefficient (Wildman–Crippen LogP) is 4.99. The Kier molecular flexibility index (Phi) is 7.39. The number of amides is 1. The number of ether oxygens (including phenoxy) is 3. The van der Waals surface area contributed by atoms with Gasteiger partial charge < -0.3 is 14.2 Å². The van der Waals surface area contributed by atoms with Gasteiger partial charge >= 0.3 is 0 Å². The molecule has 1 fully saturated rings. The third-order valence-corrected chi connectivity index (χ3v) is 5.98. The van der Waals surface area contributed by atoms with Crippen LogP contribution < -0.4 is 14.2 Å². The number of aryl methyl sites for hydroxylation is 2. The summed E-state index contributed by atoms with van der Waals surface area (Å²) in [5.41, 5.74) is 3.11. The topological polar surface area (TPSA) is 48.0 Å². The van der Waals surface area contributed by atoms with Crippen molar-refractivity contribution in [3.05, 3.63) is 58.0 Å². The van der Waals surface area contributed by atoms with Crippen LogP contribution in [0.25, 0.3) is 6.08 Å². The highest BCUT2D eigenvalue weighted by atomic mass is 32.2. The van der Waals surface area contributed by atoms with Crippen molar-refractivity contribution in [1.29, 1.82) is 0 Å². The summed E-state index contributed by atoms with van der Waals surface area (Å²) in [6, 6.07) is 11.7. The minimum Gasteiger partial charge on any atom is -0.490 e. The van der Waals surface area contributed by atoms with Crippen LogP contribution in [-0.2, 0) is 4.79 Å². The van der Waals surface area contributed by atoms with Crippen molar-refractivity contribution in [2.24, 2.45) is 0 Å². The van der Waals surface area contributed by atoms with Gasteiger partial charge in [-0.05, 0) is 61.7 Å². The lowest BCUT2D eigenvalue weighted by Crippen LogP contribution is -2.22. The largest absolute Gasteiger partial charge is 0.490 e. The quantitative estimate of drug-likeness (QED) is 0.325. The summed E-state index contributed by atoms with van der Waals surface area (Å²) in [6.07, 6.45) is 1.82. The fourth-order valence-electron chi connectivity index (χ4n) is 2.86. The molecule has 0 radical (unpaired) electrons. The molecule has 0 aromatic heterocycles. The molecule has 0 bridgehead atoms. The average Bonchev–Trinajstić information content (AvgIpc) is 2.96. The van der Waals surface area contributed by atoms with E-state index >= 15 is 0 Å². The van der Waals surface area contributed by atoms with Crippen LogP contribution in [0.1, 0.15) is 23.6 Å². The summed E-state index contributed by atoms with van der Waals surface area (Å²) >= 11 is 6.48. The molecule has 2 aromatic carbocycles. The molecule has 0 atom stereocenters. The zero-order valence-electron chi connectivity index (χ0n) is 17.6. The van der Waals surface area contributed by atoms with Gasteiger partial charge in [0.25, 0.3) is 5.91 Å². The number of rotatable bonds is 8. The summed E-state index contributed by atoms with van der Waals surface area (Å²) in [7, 11) is 1.68. The van der Waals surface area contributed by atoms with Crippen LogP contribution in [0.2, 0.25) is 0 Å². The molecule has 3 rings (SSSR count). The van der Waals surface area contributed by atoms with Crippen LogP contribution in [-0.4, -0.2) is 42.0 Å². The summed E-state index contributed by atoms with van der Waals surface area (Å²) in [5.74, 6) is 2.05. The number of thioether (sulfide) groups is 1. The maximum Gasteiger partial charge on any atom is 0.265 e. The molecule has 0 N–H and O–H groups in total. The van der Waals surface area contributed by atoms with Gasteiger partial charge in [-0.15, -0.1) is 0 Å².